The molecule has 632 valence electrons. The van der Waals surface area contributed by atoms with Crippen LogP contribution in [0.15, 0.2) is 60.7 Å². The summed E-state index contributed by atoms with van der Waals surface area (Å²) in [6, 6.07) is 14.6. The van der Waals surface area contributed by atoms with Gasteiger partial charge in [0.05, 0.1) is 49.8 Å². The van der Waals surface area contributed by atoms with Crippen LogP contribution >= 0.6 is 0 Å². The van der Waals surface area contributed by atoms with E-state index < -0.39 is 202 Å². The van der Waals surface area contributed by atoms with E-state index in [0.29, 0.717) is 12.8 Å². The minimum atomic E-state index is -2.41. The minimum absolute atomic E-state index is 0.0315. The maximum absolute atomic E-state index is 14.9. The highest BCUT2D eigenvalue weighted by Gasteiger charge is 2.60. The molecule has 0 aromatic heterocycles. The number of hydrogen-bond donors (Lipinski definition) is 3. The SMILES string of the molecule is CCCCCCCCCCCCCCCCCC(=O)N[C@H]1CO[C@@H]2O[C@@H](COC(=O)CCC(=O)O[C@H](CCCCCCCCCCCCCC)[C@H]1OC(C)=O)[C@@H](O[C@@H]1OC(COC(=O)c3ccccc3)[C@H](C)[C@H](O[C@]3(C(=O)OC)CC(C)[C@@H](C)[C@H]([C@H](C)C(COC(C)=O)OC(C)=O)O3)C1OC(=O)c1ccccc1)C(O)C2O. The van der Waals surface area contributed by atoms with Crippen molar-refractivity contribution < 1.29 is 120 Å². The van der Waals surface area contributed by atoms with E-state index >= 15 is 0 Å². The summed E-state index contributed by atoms with van der Waals surface area (Å²) < 4.78 is 87.5. The van der Waals surface area contributed by atoms with Gasteiger partial charge in [-0.05, 0) is 55.4 Å². The number of aliphatic hydroxyl groups excluding tert-OH is 2. The molecule has 6 unspecified atom stereocenters. The first-order valence-electron chi connectivity index (χ1n) is 41.9. The summed E-state index contributed by atoms with van der Waals surface area (Å²) in [5.74, 6) is -12.2. The molecule has 4 aliphatic heterocycles. The van der Waals surface area contributed by atoms with Crippen molar-refractivity contribution in [3.63, 3.8) is 0 Å². The van der Waals surface area contributed by atoms with Gasteiger partial charge in [0, 0.05) is 45.4 Å². The Morgan fingerprint density at radius 3 is 1.64 bits per heavy atom. The Balaban J connectivity index is 1.34. The van der Waals surface area contributed by atoms with Crippen molar-refractivity contribution in [2.75, 3.05) is 33.5 Å². The van der Waals surface area contributed by atoms with Gasteiger partial charge in [-0.3, -0.25) is 28.8 Å². The highest BCUT2D eigenvalue weighted by molar-refractivity contribution is 5.90. The fraction of sp³-hybridized carbons (Fsp3) is 0.756. The van der Waals surface area contributed by atoms with Gasteiger partial charge in [0.15, 0.2) is 24.8 Å². The van der Waals surface area contributed by atoms with Crippen molar-refractivity contribution in [1.82, 2.24) is 5.32 Å². The fourth-order valence-corrected chi connectivity index (χ4v) is 15.3. The third kappa shape index (κ3) is 31.9. The van der Waals surface area contributed by atoms with E-state index in [4.69, 9.17) is 66.3 Å². The van der Waals surface area contributed by atoms with Gasteiger partial charge in [-0.2, -0.15) is 0 Å². The topological polar surface area (TPSA) is 335 Å². The molecule has 3 N–H and O–H groups in total. The summed E-state index contributed by atoms with van der Waals surface area (Å²) in [6.07, 6.45) is 7.86. The van der Waals surface area contributed by atoms with Crippen LogP contribution in [0.25, 0.3) is 0 Å². The second-order valence-electron chi connectivity index (χ2n) is 31.2. The summed E-state index contributed by atoms with van der Waals surface area (Å²) in [5.41, 5.74) is 0.208. The lowest BCUT2D eigenvalue weighted by atomic mass is 9.76. The molecule has 26 nitrogen and oxygen atoms in total. The Bertz CT molecular complexity index is 3100. The largest absolute Gasteiger partial charge is 0.465 e. The van der Waals surface area contributed by atoms with Crippen molar-refractivity contribution in [3.05, 3.63) is 71.8 Å². The lowest BCUT2D eigenvalue weighted by Crippen LogP contribution is -2.67. The molecule has 4 saturated heterocycles. The number of nitrogens with one attached hydrogen (secondary N) is 1. The molecule has 4 aliphatic rings. The van der Waals surface area contributed by atoms with Crippen molar-refractivity contribution in [3.8, 4) is 0 Å². The van der Waals surface area contributed by atoms with Crippen LogP contribution in [0.4, 0.5) is 0 Å². The number of rotatable bonds is 46. The molecule has 4 fully saturated rings. The maximum Gasteiger partial charge on any atom is 0.366 e. The Hall–Kier alpha value is -6.65. The highest BCUT2D eigenvalue weighted by Crippen LogP contribution is 2.46. The van der Waals surface area contributed by atoms with Crippen molar-refractivity contribution in [2.45, 2.75) is 359 Å². The number of unbranched alkanes of at least 4 members (excludes halogenated alkanes) is 25. The number of cyclic esters (lactones) is 2. The normalized spacial score (nSPS) is 27.6. The van der Waals surface area contributed by atoms with Crippen LogP contribution in [-0.2, 0) is 99.9 Å². The molecule has 2 bridgehead atoms. The van der Waals surface area contributed by atoms with Crippen LogP contribution in [0.5, 0.6) is 0 Å². The molecule has 0 saturated carbocycles. The van der Waals surface area contributed by atoms with Crippen LogP contribution in [0.1, 0.15) is 288 Å². The number of fused-ring (bicyclic) bond motifs is 2. The molecule has 0 radical (unpaired) electrons. The minimum Gasteiger partial charge on any atom is -0.465 e. The number of ether oxygens (including phenoxy) is 14. The number of amides is 1. The molecule has 6 rings (SSSR count). The smallest absolute Gasteiger partial charge is 0.366 e. The van der Waals surface area contributed by atoms with Crippen molar-refractivity contribution in [2.24, 2.45) is 23.7 Å². The average molecular weight is 1580 g/mol. The molecule has 2 aromatic rings. The summed E-state index contributed by atoms with van der Waals surface area (Å²) >= 11 is 0. The van der Waals surface area contributed by atoms with Crippen molar-refractivity contribution in [1.29, 1.82) is 0 Å². The highest BCUT2D eigenvalue weighted by atomic mass is 16.8. The van der Waals surface area contributed by atoms with Crippen LogP contribution in [-0.4, -0.2) is 189 Å². The molecule has 19 atom stereocenters. The van der Waals surface area contributed by atoms with Crippen LogP contribution in [0, 0.1) is 23.7 Å². The van der Waals surface area contributed by atoms with E-state index in [-0.39, 0.29) is 37.0 Å². The van der Waals surface area contributed by atoms with Crippen molar-refractivity contribution >= 4 is 53.7 Å². The zero-order chi connectivity index (χ0) is 81.4. The predicted octanol–water partition coefficient (Wildman–Crippen LogP) is 13.7. The quantitative estimate of drug-likeness (QED) is 0.0315. The first-order valence-corrected chi connectivity index (χ1v) is 41.9. The van der Waals surface area contributed by atoms with Gasteiger partial charge < -0.3 is 81.8 Å². The van der Waals surface area contributed by atoms with Gasteiger partial charge in [-0.25, -0.2) is 14.4 Å². The van der Waals surface area contributed by atoms with E-state index in [1.807, 2.05) is 13.8 Å². The number of carbonyl (C=O) groups is 9. The van der Waals surface area contributed by atoms with Gasteiger partial charge in [0.1, 0.15) is 68.7 Å². The zero-order valence-corrected chi connectivity index (χ0v) is 68.4. The average Bonchev–Trinajstić information content (AvgIpc) is 0.748. The van der Waals surface area contributed by atoms with E-state index in [2.05, 4.69) is 19.2 Å². The second kappa shape index (κ2) is 51.3. The predicted molar refractivity (Wildman–Crippen MR) is 413 cm³/mol. The first-order chi connectivity index (χ1) is 53.9. The zero-order valence-electron chi connectivity index (χ0n) is 68.4. The molecule has 1 amide bonds. The number of carbonyl (C=O) groups excluding carboxylic acids is 9. The third-order valence-corrected chi connectivity index (χ3v) is 22.0. The van der Waals surface area contributed by atoms with Gasteiger partial charge in [0.2, 0.25) is 5.91 Å². The number of benzene rings is 2. The number of aliphatic hydroxyl groups is 2. The molecule has 112 heavy (non-hydrogen) atoms. The molecule has 4 heterocycles. The van der Waals surface area contributed by atoms with Crippen LogP contribution < -0.4 is 5.32 Å². The van der Waals surface area contributed by atoms with Crippen LogP contribution in [0.3, 0.4) is 0 Å². The summed E-state index contributed by atoms with van der Waals surface area (Å²) in [7, 11) is 1.12. The molecule has 0 spiro atoms. The van der Waals surface area contributed by atoms with E-state index in [9.17, 15) is 53.4 Å². The second-order valence-corrected chi connectivity index (χ2v) is 31.2. The molecular weight excluding hydrogens is 1450 g/mol. The molecule has 0 aliphatic carbocycles. The van der Waals surface area contributed by atoms with Gasteiger partial charge in [-0.1, -0.05) is 238 Å². The lowest BCUT2D eigenvalue weighted by molar-refractivity contribution is -0.379. The Kier molecular flexibility index (Phi) is 43.2. The Morgan fingerprint density at radius 1 is 0.571 bits per heavy atom. The molecule has 2 aromatic carbocycles. The van der Waals surface area contributed by atoms with E-state index in [1.54, 1.807) is 50.2 Å². The Labute approximate surface area is 664 Å². The maximum atomic E-state index is 14.9. The number of hydrogen-bond acceptors (Lipinski definition) is 25. The molecule has 26 heteroatoms. The van der Waals surface area contributed by atoms with E-state index in [1.165, 1.54) is 141 Å². The van der Waals surface area contributed by atoms with Crippen LogP contribution in [0.2, 0.25) is 0 Å². The van der Waals surface area contributed by atoms with Gasteiger partial charge in [-0.15, -0.1) is 0 Å². The summed E-state index contributed by atoms with van der Waals surface area (Å²) in [4.78, 5) is 124. The lowest BCUT2D eigenvalue weighted by Gasteiger charge is -2.52. The standard InChI is InChI=1S/C86H133NO25/c1-11-13-15-17-19-21-23-25-26-27-29-31-33-35-43-49-71(91)87-66-53-103-83-75(95)74(94)79(70(108-83)56-101-72(92)50-51-73(93)106-67(78(66)105-63(9)90)48-42-34-32-30-28-24-22-20-18-16-14-12-2)110-84-80(109-82(97)65-46-40-37-41-47-65)77(60(6)69(107-84)55-102-81(96)64-44-38-36-39-45-64)112-86(85(98)99-10)52-57(3)58(4)76(111-86)59(5)68(104-62(8)89)54-100-61(7)88/h36-41,44-47,57-60,66-70,74-80,83-84,94-95H,11-35,42-43,48-56H2,1-10H3,(H,87,91)/t57?,58-,59-,60+,66+,67-,68?,69?,70+,74?,75?,76-,77+,78+,79-,80?,83-,84+,86+/m1/s1. The van der Waals surface area contributed by atoms with Gasteiger partial charge in [0.25, 0.3) is 5.79 Å². The third-order valence-electron chi connectivity index (χ3n) is 22.0. The van der Waals surface area contributed by atoms with E-state index in [0.717, 1.165) is 71.3 Å². The number of methoxy groups -OCH3 is 1. The Morgan fingerprint density at radius 2 is 1.11 bits per heavy atom. The summed E-state index contributed by atoms with van der Waals surface area (Å²) in [5, 5.41) is 28.2. The fourth-order valence-electron chi connectivity index (χ4n) is 15.3. The first kappa shape index (κ1) is 94.2. The molecular formula is C86H133NO25. The van der Waals surface area contributed by atoms with Gasteiger partial charge >= 0.3 is 47.8 Å². The summed E-state index contributed by atoms with van der Waals surface area (Å²) in [6.45, 7) is 12.8. The number of esters is 8. The monoisotopic (exact) mass is 1580 g/mol.